The molecule has 0 unspecified atom stereocenters. The molecule has 1 rings (SSSR count). The number of carboxylic acid groups (broad SMARTS) is 2. The van der Waals surface area contributed by atoms with Crippen LogP contribution in [0, 0.1) is 5.92 Å². The van der Waals surface area contributed by atoms with Gasteiger partial charge in [-0.1, -0.05) is 56.9 Å². The molecule has 1 aromatic carbocycles. The van der Waals surface area contributed by atoms with Gasteiger partial charge in [0.2, 0.25) is 5.91 Å². The Morgan fingerprint density at radius 3 is 1.78 bits per heavy atom. The van der Waals surface area contributed by atoms with Gasteiger partial charge in [0.1, 0.15) is 0 Å². The first-order valence-corrected chi connectivity index (χ1v) is 11.5. The number of unbranched alkanes of at least 4 members (excludes halogenated alkanes) is 4. The number of rotatable bonds is 14. The van der Waals surface area contributed by atoms with Crippen LogP contribution in [0.1, 0.15) is 88.6 Å². The predicted octanol–water partition coefficient (Wildman–Crippen LogP) is 4.82. The molecule has 0 aliphatic carbocycles. The molecule has 0 aromatic heterocycles. The minimum atomic E-state index is -1.39. The average molecular weight is 450 g/mol. The number of aryl methyl sites for hydroxylation is 1. The van der Waals surface area contributed by atoms with E-state index in [-0.39, 0.29) is 18.1 Å². The Morgan fingerprint density at radius 2 is 1.38 bits per heavy atom. The second-order valence-corrected chi connectivity index (χ2v) is 7.74. The van der Waals surface area contributed by atoms with Gasteiger partial charge in [0.25, 0.3) is 0 Å². The molecule has 7 heteroatoms. The normalized spacial score (nSPS) is 10.3. The summed E-state index contributed by atoms with van der Waals surface area (Å²) in [4.78, 5) is 46.1. The monoisotopic (exact) mass is 449 g/mol. The van der Waals surface area contributed by atoms with E-state index < -0.39 is 17.9 Å². The molecule has 0 radical (unpaired) electrons. The van der Waals surface area contributed by atoms with Crippen LogP contribution in [0.25, 0.3) is 0 Å². The molecule has 0 saturated carbocycles. The highest BCUT2D eigenvalue weighted by atomic mass is 16.4. The fraction of sp³-hybridized carbons (Fsp3) is 0.600. The molecule has 180 valence electrons. The lowest BCUT2D eigenvalue weighted by Gasteiger charge is -2.14. The fourth-order valence-electron chi connectivity index (χ4n) is 3.22. The summed E-state index contributed by atoms with van der Waals surface area (Å²) < 4.78 is 0. The molecule has 32 heavy (non-hydrogen) atoms. The number of hydrogen-bond donors (Lipinski definition) is 2. The third-order valence-electron chi connectivity index (χ3n) is 5.31. The maximum absolute atomic E-state index is 12.1. The van der Waals surface area contributed by atoms with E-state index in [1.807, 2.05) is 13.8 Å². The van der Waals surface area contributed by atoms with Crippen LogP contribution in [0.2, 0.25) is 0 Å². The highest BCUT2D eigenvalue weighted by Gasteiger charge is 2.25. The highest BCUT2D eigenvalue weighted by Crippen LogP contribution is 2.14. The molecule has 0 aliphatic rings. The zero-order valence-electron chi connectivity index (χ0n) is 19.9. The van der Waals surface area contributed by atoms with Gasteiger partial charge in [0, 0.05) is 32.0 Å². The molecule has 0 atom stereocenters. The molecule has 0 bridgehead atoms. The van der Waals surface area contributed by atoms with Crippen molar-refractivity contribution in [2.24, 2.45) is 5.92 Å². The smallest absolute Gasteiger partial charge is 0.317 e. The number of carbonyl (C=O) groups is 4. The second kappa shape index (κ2) is 16.9. The summed E-state index contributed by atoms with van der Waals surface area (Å²) in [6.07, 6.45) is 6.46. The van der Waals surface area contributed by atoms with Crippen molar-refractivity contribution in [2.45, 2.75) is 79.1 Å². The standard InChI is InChI=1S/C19H26O5.C6H13NO/c1-2-3-4-5-6-7-17(20)15-11-8-14(9-12-15)10-13-16(18(21)22)19(23)24;1-4-7(5-2)6(3)8/h8-9,11-12,16H,2-7,10,13H2,1H3,(H,21,22)(H,23,24);4-5H2,1-3H3. The number of carbonyl (C=O) groups excluding carboxylic acids is 2. The molecular weight excluding hydrogens is 410 g/mol. The molecule has 1 amide bonds. The van der Waals surface area contributed by atoms with Crippen LogP contribution in [-0.4, -0.2) is 51.8 Å². The maximum atomic E-state index is 12.1. The largest absolute Gasteiger partial charge is 0.481 e. The molecule has 0 heterocycles. The number of aliphatic carboxylic acids is 2. The van der Waals surface area contributed by atoms with Crippen molar-refractivity contribution < 1.29 is 29.4 Å². The molecule has 1 aromatic rings. The summed E-state index contributed by atoms with van der Waals surface area (Å²) in [5.41, 5.74) is 1.49. The van der Waals surface area contributed by atoms with Gasteiger partial charge < -0.3 is 15.1 Å². The predicted molar refractivity (Wildman–Crippen MR) is 125 cm³/mol. The maximum Gasteiger partial charge on any atom is 0.317 e. The van der Waals surface area contributed by atoms with Gasteiger partial charge in [0.15, 0.2) is 11.7 Å². The SMILES string of the molecule is CCCCCCCC(=O)c1ccc(CCC(C(=O)O)C(=O)O)cc1.CCN(CC)C(C)=O. The first-order chi connectivity index (χ1) is 15.2. The van der Waals surface area contributed by atoms with Crippen molar-refractivity contribution in [3.8, 4) is 0 Å². The lowest BCUT2D eigenvalue weighted by molar-refractivity contribution is -0.154. The van der Waals surface area contributed by atoms with E-state index in [0.717, 1.165) is 37.9 Å². The fourth-order valence-corrected chi connectivity index (χ4v) is 3.22. The molecule has 0 aliphatic heterocycles. The number of benzene rings is 1. The highest BCUT2D eigenvalue weighted by molar-refractivity contribution is 5.96. The first-order valence-electron chi connectivity index (χ1n) is 11.5. The summed E-state index contributed by atoms with van der Waals surface area (Å²) in [5, 5.41) is 17.7. The summed E-state index contributed by atoms with van der Waals surface area (Å²) in [6.45, 7) is 9.35. The number of Topliss-reactive ketones (excluding diaryl/α,β-unsaturated/α-hetero) is 1. The Morgan fingerprint density at radius 1 is 0.844 bits per heavy atom. The van der Waals surface area contributed by atoms with Gasteiger partial charge in [-0.25, -0.2) is 0 Å². The Kier molecular flexibility index (Phi) is 15.5. The zero-order valence-corrected chi connectivity index (χ0v) is 19.9. The number of amides is 1. The Labute approximate surface area is 191 Å². The van der Waals surface area contributed by atoms with Gasteiger partial charge >= 0.3 is 11.9 Å². The quantitative estimate of drug-likeness (QED) is 0.239. The summed E-state index contributed by atoms with van der Waals surface area (Å²) in [6, 6.07) is 7.01. The van der Waals surface area contributed by atoms with E-state index in [2.05, 4.69) is 6.92 Å². The van der Waals surface area contributed by atoms with Gasteiger partial charge in [-0.15, -0.1) is 0 Å². The van der Waals surface area contributed by atoms with Crippen molar-refractivity contribution in [3.63, 3.8) is 0 Å². The topological polar surface area (TPSA) is 112 Å². The van der Waals surface area contributed by atoms with Crippen LogP contribution < -0.4 is 0 Å². The molecule has 0 saturated heterocycles. The van der Waals surface area contributed by atoms with Crippen LogP contribution in [-0.2, 0) is 20.8 Å². The van der Waals surface area contributed by atoms with E-state index in [1.165, 1.54) is 12.8 Å². The minimum absolute atomic E-state index is 0.0371. The Bertz CT molecular complexity index is 696. The number of nitrogens with zero attached hydrogens (tertiary/aromatic N) is 1. The van der Waals surface area contributed by atoms with Gasteiger partial charge in [-0.2, -0.15) is 0 Å². The van der Waals surface area contributed by atoms with E-state index >= 15 is 0 Å². The van der Waals surface area contributed by atoms with Crippen molar-refractivity contribution >= 4 is 23.6 Å². The van der Waals surface area contributed by atoms with Gasteiger partial charge in [-0.05, 0) is 38.7 Å². The van der Waals surface area contributed by atoms with Crippen LogP contribution in [0.3, 0.4) is 0 Å². The molecule has 0 fully saturated rings. The second-order valence-electron chi connectivity index (χ2n) is 7.74. The molecule has 0 spiro atoms. The Balaban J connectivity index is 0.00000102. The van der Waals surface area contributed by atoms with E-state index in [1.54, 1.807) is 36.1 Å². The van der Waals surface area contributed by atoms with Crippen molar-refractivity contribution in [1.82, 2.24) is 4.90 Å². The van der Waals surface area contributed by atoms with Crippen LogP contribution in [0.5, 0.6) is 0 Å². The first kappa shape index (κ1) is 29.3. The summed E-state index contributed by atoms with van der Waals surface area (Å²) in [5.74, 6) is -3.76. The molecular formula is C25H39NO6. The minimum Gasteiger partial charge on any atom is -0.481 e. The van der Waals surface area contributed by atoms with Crippen molar-refractivity contribution in [1.29, 1.82) is 0 Å². The Hall–Kier alpha value is -2.70. The van der Waals surface area contributed by atoms with Crippen LogP contribution >= 0.6 is 0 Å². The van der Waals surface area contributed by atoms with Gasteiger partial charge in [0.05, 0.1) is 0 Å². The molecule has 7 nitrogen and oxygen atoms in total. The number of ketones is 1. The number of carboxylic acids is 2. The summed E-state index contributed by atoms with van der Waals surface area (Å²) >= 11 is 0. The molecule has 2 N–H and O–H groups in total. The van der Waals surface area contributed by atoms with E-state index in [4.69, 9.17) is 10.2 Å². The van der Waals surface area contributed by atoms with Gasteiger partial charge in [-0.3, -0.25) is 19.2 Å². The van der Waals surface area contributed by atoms with Crippen molar-refractivity contribution in [2.75, 3.05) is 13.1 Å². The summed E-state index contributed by atoms with van der Waals surface area (Å²) in [7, 11) is 0. The lowest BCUT2D eigenvalue weighted by atomic mass is 9.97. The third-order valence-corrected chi connectivity index (χ3v) is 5.31. The van der Waals surface area contributed by atoms with Crippen LogP contribution in [0.15, 0.2) is 24.3 Å². The number of hydrogen-bond acceptors (Lipinski definition) is 4. The van der Waals surface area contributed by atoms with Crippen molar-refractivity contribution in [3.05, 3.63) is 35.4 Å². The average Bonchev–Trinajstić information content (AvgIpc) is 2.74. The van der Waals surface area contributed by atoms with E-state index in [0.29, 0.717) is 18.4 Å². The zero-order chi connectivity index (χ0) is 24.5. The van der Waals surface area contributed by atoms with Crippen LogP contribution in [0.4, 0.5) is 0 Å². The third kappa shape index (κ3) is 12.2. The van der Waals surface area contributed by atoms with E-state index in [9.17, 15) is 19.2 Å². The lowest BCUT2D eigenvalue weighted by Crippen LogP contribution is -2.27.